The van der Waals surface area contributed by atoms with Crippen molar-refractivity contribution in [3.8, 4) is 11.5 Å². The number of hydrogen-bond acceptors (Lipinski definition) is 5. The Hall–Kier alpha value is -0.910. The number of benzene rings is 1. The molecule has 0 aliphatic heterocycles. The van der Waals surface area contributed by atoms with Crippen molar-refractivity contribution in [1.82, 2.24) is 0 Å². The molecule has 5 heteroatoms. The molecule has 0 radical (unpaired) electrons. The maximum Gasteiger partial charge on any atom is 0.137 e. The molecule has 0 aromatic heterocycles. The first-order valence-electron chi connectivity index (χ1n) is 4.84. The van der Waals surface area contributed by atoms with E-state index in [4.69, 9.17) is 20.3 Å². The molecular weight excluding hydrogens is 226 g/mol. The number of methoxy groups -OCH3 is 2. The van der Waals surface area contributed by atoms with E-state index in [-0.39, 0.29) is 6.61 Å². The van der Waals surface area contributed by atoms with E-state index in [1.165, 1.54) is 0 Å². The van der Waals surface area contributed by atoms with Gasteiger partial charge in [0.05, 0.1) is 31.8 Å². The summed E-state index contributed by atoms with van der Waals surface area (Å²) in [5.41, 5.74) is 6.58. The van der Waals surface area contributed by atoms with Crippen molar-refractivity contribution in [3.05, 3.63) is 17.7 Å². The van der Waals surface area contributed by atoms with Gasteiger partial charge in [-0.2, -0.15) is 0 Å². The highest BCUT2D eigenvalue weighted by molar-refractivity contribution is 7.98. The lowest BCUT2D eigenvalue weighted by atomic mass is 10.1. The van der Waals surface area contributed by atoms with Crippen LogP contribution in [0.5, 0.6) is 11.5 Å². The lowest BCUT2D eigenvalue weighted by Crippen LogP contribution is -2.16. The SMILES string of the molecule is COc1cc(SC)c(OC)c(C(N)CO)c1. The van der Waals surface area contributed by atoms with Crippen molar-refractivity contribution in [1.29, 1.82) is 0 Å². The van der Waals surface area contributed by atoms with Gasteiger partial charge in [-0.1, -0.05) is 0 Å². The fourth-order valence-corrected chi connectivity index (χ4v) is 2.08. The molecular formula is C11H17NO3S. The summed E-state index contributed by atoms with van der Waals surface area (Å²) < 4.78 is 10.5. The summed E-state index contributed by atoms with van der Waals surface area (Å²) in [4.78, 5) is 0.945. The van der Waals surface area contributed by atoms with E-state index in [9.17, 15) is 0 Å². The van der Waals surface area contributed by atoms with Gasteiger partial charge in [-0.3, -0.25) is 0 Å². The van der Waals surface area contributed by atoms with Crippen LogP contribution in [0.4, 0.5) is 0 Å². The van der Waals surface area contributed by atoms with Crippen LogP contribution in [0.25, 0.3) is 0 Å². The predicted octanol–water partition coefficient (Wildman–Crippen LogP) is 1.42. The summed E-state index contributed by atoms with van der Waals surface area (Å²) in [5, 5.41) is 9.11. The van der Waals surface area contributed by atoms with E-state index in [2.05, 4.69) is 0 Å². The number of ether oxygens (including phenoxy) is 2. The Balaban J connectivity index is 3.30. The molecule has 1 rings (SSSR count). The molecule has 1 aromatic carbocycles. The van der Waals surface area contributed by atoms with Crippen molar-refractivity contribution in [2.24, 2.45) is 5.73 Å². The van der Waals surface area contributed by atoms with Gasteiger partial charge < -0.3 is 20.3 Å². The number of aliphatic hydroxyl groups is 1. The van der Waals surface area contributed by atoms with Gasteiger partial charge in [0.2, 0.25) is 0 Å². The molecule has 0 aliphatic carbocycles. The summed E-state index contributed by atoms with van der Waals surface area (Å²) in [5.74, 6) is 1.42. The molecule has 0 saturated heterocycles. The Bertz CT molecular complexity index is 357. The van der Waals surface area contributed by atoms with Gasteiger partial charge in [-0.25, -0.2) is 0 Å². The van der Waals surface area contributed by atoms with Crippen LogP contribution in [0.3, 0.4) is 0 Å². The average molecular weight is 243 g/mol. The van der Waals surface area contributed by atoms with Crippen LogP contribution in [0.15, 0.2) is 17.0 Å². The Kier molecular flexibility index (Phi) is 4.92. The molecule has 4 nitrogen and oxygen atoms in total. The molecule has 1 atom stereocenters. The second-order valence-electron chi connectivity index (χ2n) is 3.24. The first-order valence-corrected chi connectivity index (χ1v) is 6.06. The smallest absolute Gasteiger partial charge is 0.137 e. The summed E-state index contributed by atoms with van der Waals surface area (Å²) in [6.07, 6.45) is 1.95. The fraction of sp³-hybridized carbons (Fsp3) is 0.455. The molecule has 90 valence electrons. The third-order valence-corrected chi connectivity index (χ3v) is 3.06. The van der Waals surface area contributed by atoms with E-state index in [1.807, 2.05) is 12.3 Å². The van der Waals surface area contributed by atoms with Gasteiger partial charge in [0.1, 0.15) is 11.5 Å². The van der Waals surface area contributed by atoms with Crippen molar-refractivity contribution in [3.63, 3.8) is 0 Å². The van der Waals surface area contributed by atoms with Crippen molar-refractivity contribution < 1.29 is 14.6 Å². The van der Waals surface area contributed by atoms with Crippen LogP contribution in [-0.4, -0.2) is 32.2 Å². The topological polar surface area (TPSA) is 64.7 Å². The maximum absolute atomic E-state index is 9.11. The van der Waals surface area contributed by atoms with E-state index in [0.29, 0.717) is 11.5 Å². The number of rotatable bonds is 5. The third kappa shape index (κ3) is 2.61. The fourth-order valence-electron chi connectivity index (χ4n) is 1.46. The van der Waals surface area contributed by atoms with Gasteiger partial charge in [0.25, 0.3) is 0 Å². The van der Waals surface area contributed by atoms with Gasteiger partial charge in [0.15, 0.2) is 0 Å². The number of aliphatic hydroxyl groups excluding tert-OH is 1. The second kappa shape index (κ2) is 5.98. The first kappa shape index (κ1) is 13.2. The van der Waals surface area contributed by atoms with E-state index in [0.717, 1.165) is 10.5 Å². The summed E-state index contributed by atoms with van der Waals surface area (Å²) in [6.45, 7) is -0.128. The number of hydrogen-bond donors (Lipinski definition) is 2. The lowest BCUT2D eigenvalue weighted by Gasteiger charge is -2.17. The van der Waals surface area contributed by atoms with Crippen LogP contribution in [-0.2, 0) is 0 Å². The van der Waals surface area contributed by atoms with E-state index < -0.39 is 6.04 Å². The first-order chi connectivity index (χ1) is 7.67. The van der Waals surface area contributed by atoms with Gasteiger partial charge in [0, 0.05) is 5.56 Å². The zero-order chi connectivity index (χ0) is 12.1. The highest BCUT2D eigenvalue weighted by atomic mass is 32.2. The number of nitrogens with two attached hydrogens (primary N) is 1. The standard InChI is InChI=1S/C11H17NO3S/c1-14-7-4-8(9(12)6-13)11(15-2)10(5-7)16-3/h4-5,9,13H,6,12H2,1-3H3. The van der Waals surface area contributed by atoms with Crippen molar-refractivity contribution in [2.45, 2.75) is 10.9 Å². The van der Waals surface area contributed by atoms with Crippen molar-refractivity contribution >= 4 is 11.8 Å². The molecule has 0 amide bonds. The molecule has 1 aromatic rings. The van der Waals surface area contributed by atoms with Gasteiger partial charge >= 0.3 is 0 Å². The van der Waals surface area contributed by atoms with E-state index >= 15 is 0 Å². The Morgan fingerprint density at radius 3 is 2.50 bits per heavy atom. The molecule has 0 aliphatic rings. The molecule has 0 spiro atoms. The molecule has 0 saturated carbocycles. The minimum absolute atomic E-state index is 0.128. The maximum atomic E-state index is 9.11. The van der Waals surface area contributed by atoms with Crippen LogP contribution >= 0.6 is 11.8 Å². The Labute approximate surface area is 99.7 Å². The largest absolute Gasteiger partial charge is 0.497 e. The molecule has 0 fully saturated rings. The summed E-state index contributed by atoms with van der Waals surface area (Å²) >= 11 is 1.55. The third-order valence-electron chi connectivity index (χ3n) is 2.31. The summed E-state index contributed by atoms with van der Waals surface area (Å²) in [6, 6.07) is 3.22. The van der Waals surface area contributed by atoms with Gasteiger partial charge in [-0.05, 0) is 18.4 Å². The minimum Gasteiger partial charge on any atom is -0.497 e. The van der Waals surface area contributed by atoms with Crippen LogP contribution in [0, 0.1) is 0 Å². The van der Waals surface area contributed by atoms with Crippen LogP contribution in [0.1, 0.15) is 11.6 Å². The molecule has 1 unspecified atom stereocenters. The Morgan fingerprint density at radius 2 is 2.06 bits per heavy atom. The predicted molar refractivity (Wildman–Crippen MR) is 65.3 cm³/mol. The quantitative estimate of drug-likeness (QED) is 0.766. The zero-order valence-electron chi connectivity index (χ0n) is 9.69. The molecule has 0 bridgehead atoms. The average Bonchev–Trinajstić information content (AvgIpc) is 2.35. The number of thioether (sulfide) groups is 1. The molecule has 0 heterocycles. The van der Waals surface area contributed by atoms with Crippen molar-refractivity contribution in [2.75, 3.05) is 27.1 Å². The zero-order valence-corrected chi connectivity index (χ0v) is 10.5. The molecule has 16 heavy (non-hydrogen) atoms. The van der Waals surface area contributed by atoms with Crippen LogP contribution in [0.2, 0.25) is 0 Å². The van der Waals surface area contributed by atoms with E-state index in [1.54, 1.807) is 32.0 Å². The lowest BCUT2D eigenvalue weighted by molar-refractivity contribution is 0.263. The van der Waals surface area contributed by atoms with Gasteiger partial charge in [-0.15, -0.1) is 11.8 Å². The highest BCUT2D eigenvalue weighted by Gasteiger charge is 2.16. The normalized spacial score (nSPS) is 12.3. The monoisotopic (exact) mass is 243 g/mol. The Morgan fingerprint density at radius 1 is 1.38 bits per heavy atom. The highest BCUT2D eigenvalue weighted by Crippen LogP contribution is 2.37. The summed E-state index contributed by atoms with van der Waals surface area (Å²) in [7, 11) is 3.19. The second-order valence-corrected chi connectivity index (χ2v) is 4.09. The van der Waals surface area contributed by atoms with Crippen LogP contribution < -0.4 is 15.2 Å². The molecule has 3 N–H and O–H groups in total. The minimum atomic E-state index is -0.462.